The molecule has 1 amide bonds. The summed E-state index contributed by atoms with van der Waals surface area (Å²) in [5.41, 5.74) is 8.73. The number of benzene rings is 1. The Kier molecular flexibility index (Phi) is 5.40. The Balaban J connectivity index is 1.73. The molecule has 1 aromatic carbocycles. The number of aryl methyl sites for hydroxylation is 1. The molecule has 1 heterocycles. The molecular weight excluding hydrogens is 264 g/mol. The van der Waals surface area contributed by atoms with E-state index in [1.807, 2.05) is 37.3 Å². The molecule has 0 radical (unpaired) electrons. The van der Waals surface area contributed by atoms with Crippen LogP contribution in [0.4, 0.5) is 0 Å². The van der Waals surface area contributed by atoms with Gasteiger partial charge in [-0.05, 0) is 18.9 Å². The monoisotopic (exact) mass is 284 g/mol. The molecule has 0 saturated heterocycles. The van der Waals surface area contributed by atoms with Crippen molar-refractivity contribution in [3.63, 3.8) is 0 Å². The van der Waals surface area contributed by atoms with Crippen LogP contribution < -0.4 is 11.1 Å². The zero-order valence-electron chi connectivity index (χ0n) is 12.1. The van der Waals surface area contributed by atoms with E-state index in [9.17, 15) is 4.79 Å². The highest BCUT2D eigenvalue weighted by atomic mass is 16.1. The zero-order valence-corrected chi connectivity index (χ0v) is 12.1. The summed E-state index contributed by atoms with van der Waals surface area (Å²) in [7, 11) is 0. The first-order chi connectivity index (χ1) is 10.1. The van der Waals surface area contributed by atoms with Crippen molar-refractivity contribution >= 4 is 5.91 Å². The first kappa shape index (κ1) is 15.1. The van der Waals surface area contributed by atoms with E-state index in [1.54, 1.807) is 12.4 Å². The number of amides is 1. The number of carbonyl (C=O) groups is 1. The van der Waals surface area contributed by atoms with E-state index >= 15 is 0 Å². The summed E-state index contributed by atoms with van der Waals surface area (Å²) < 4.78 is 0. The Labute approximate surface area is 124 Å². The van der Waals surface area contributed by atoms with Gasteiger partial charge in [0.2, 0.25) is 5.91 Å². The fourth-order valence-corrected chi connectivity index (χ4v) is 1.94. The van der Waals surface area contributed by atoms with Crippen molar-refractivity contribution in [2.24, 2.45) is 5.73 Å². The fraction of sp³-hybridized carbons (Fsp3) is 0.312. The minimum absolute atomic E-state index is 0.0243. The van der Waals surface area contributed by atoms with Gasteiger partial charge in [0.05, 0.1) is 24.1 Å². The van der Waals surface area contributed by atoms with Crippen molar-refractivity contribution in [2.45, 2.75) is 32.4 Å². The Morgan fingerprint density at radius 2 is 2.00 bits per heavy atom. The van der Waals surface area contributed by atoms with Crippen LogP contribution in [0, 0.1) is 6.92 Å². The van der Waals surface area contributed by atoms with Gasteiger partial charge in [-0.1, -0.05) is 30.3 Å². The molecule has 0 aliphatic heterocycles. The maximum Gasteiger partial charge on any atom is 0.220 e. The molecule has 21 heavy (non-hydrogen) atoms. The second kappa shape index (κ2) is 7.50. The maximum atomic E-state index is 11.8. The number of nitrogens with one attached hydrogen (secondary N) is 1. The number of hydrogen-bond donors (Lipinski definition) is 2. The molecule has 5 heteroatoms. The number of nitrogens with zero attached hydrogens (tertiary/aromatic N) is 2. The predicted molar refractivity (Wildman–Crippen MR) is 81.2 cm³/mol. The Morgan fingerprint density at radius 3 is 2.67 bits per heavy atom. The van der Waals surface area contributed by atoms with Gasteiger partial charge in [-0.2, -0.15) is 0 Å². The number of rotatable bonds is 6. The van der Waals surface area contributed by atoms with Crippen LogP contribution in [0.15, 0.2) is 42.7 Å². The number of hydrogen-bond acceptors (Lipinski definition) is 4. The molecule has 0 fully saturated rings. The number of carbonyl (C=O) groups excluding carboxylic acids is 1. The second-order valence-electron chi connectivity index (χ2n) is 4.98. The zero-order chi connectivity index (χ0) is 15.1. The highest BCUT2D eigenvalue weighted by Gasteiger charge is 2.09. The third-order valence-corrected chi connectivity index (χ3v) is 3.21. The second-order valence-corrected chi connectivity index (χ2v) is 4.98. The standard InChI is InChI=1S/C16H20N4O/c1-12-9-19-14(10-18-12)11-20-16(21)8-7-15(17)13-5-3-2-4-6-13/h2-6,9-10,15H,7-8,11,17H2,1H3,(H,20,21). The van der Waals surface area contributed by atoms with Gasteiger partial charge in [-0.3, -0.25) is 14.8 Å². The van der Waals surface area contributed by atoms with Gasteiger partial charge in [0.1, 0.15) is 0 Å². The van der Waals surface area contributed by atoms with Gasteiger partial charge in [0.15, 0.2) is 0 Å². The van der Waals surface area contributed by atoms with E-state index in [0.717, 1.165) is 17.0 Å². The van der Waals surface area contributed by atoms with E-state index in [2.05, 4.69) is 15.3 Å². The molecule has 0 aliphatic rings. The lowest BCUT2D eigenvalue weighted by Crippen LogP contribution is -2.24. The van der Waals surface area contributed by atoms with Crippen LogP contribution in [-0.2, 0) is 11.3 Å². The molecule has 0 saturated carbocycles. The molecule has 0 bridgehead atoms. The smallest absolute Gasteiger partial charge is 0.220 e. The largest absolute Gasteiger partial charge is 0.350 e. The summed E-state index contributed by atoms with van der Waals surface area (Å²) in [4.78, 5) is 20.1. The van der Waals surface area contributed by atoms with E-state index in [4.69, 9.17) is 5.73 Å². The van der Waals surface area contributed by atoms with Crippen LogP contribution in [0.2, 0.25) is 0 Å². The van der Waals surface area contributed by atoms with Gasteiger partial charge >= 0.3 is 0 Å². The van der Waals surface area contributed by atoms with Gasteiger partial charge in [-0.25, -0.2) is 0 Å². The quantitative estimate of drug-likeness (QED) is 0.848. The van der Waals surface area contributed by atoms with E-state index in [1.165, 1.54) is 0 Å². The van der Waals surface area contributed by atoms with Crippen LogP contribution in [0.1, 0.15) is 35.8 Å². The highest BCUT2D eigenvalue weighted by molar-refractivity contribution is 5.75. The van der Waals surface area contributed by atoms with Crippen molar-refractivity contribution in [1.82, 2.24) is 15.3 Å². The molecule has 1 unspecified atom stereocenters. The van der Waals surface area contributed by atoms with Crippen LogP contribution >= 0.6 is 0 Å². The third kappa shape index (κ3) is 4.96. The van der Waals surface area contributed by atoms with Crippen molar-refractivity contribution in [1.29, 1.82) is 0 Å². The topological polar surface area (TPSA) is 80.9 Å². The van der Waals surface area contributed by atoms with Crippen LogP contribution in [0.3, 0.4) is 0 Å². The normalized spacial score (nSPS) is 11.9. The fourth-order valence-electron chi connectivity index (χ4n) is 1.94. The average molecular weight is 284 g/mol. The Morgan fingerprint density at radius 1 is 1.24 bits per heavy atom. The Bertz CT molecular complexity index is 569. The molecule has 1 aromatic heterocycles. The van der Waals surface area contributed by atoms with Crippen LogP contribution in [0.25, 0.3) is 0 Å². The summed E-state index contributed by atoms with van der Waals surface area (Å²) >= 11 is 0. The summed E-state index contributed by atoms with van der Waals surface area (Å²) in [6, 6.07) is 9.69. The van der Waals surface area contributed by atoms with Gasteiger partial charge in [0.25, 0.3) is 0 Å². The van der Waals surface area contributed by atoms with Crippen LogP contribution in [-0.4, -0.2) is 15.9 Å². The molecule has 1 atom stereocenters. The molecule has 2 rings (SSSR count). The molecule has 3 N–H and O–H groups in total. The van der Waals surface area contributed by atoms with Gasteiger partial charge < -0.3 is 11.1 Å². The van der Waals surface area contributed by atoms with E-state index < -0.39 is 0 Å². The molecule has 5 nitrogen and oxygen atoms in total. The molecule has 2 aromatic rings. The summed E-state index contributed by atoms with van der Waals surface area (Å²) in [5.74, 6) is -0.0243. The molecular formula is C16H20N4O. The van der Waals surface area contributed by atoms with E-state index in [-0.39, 0.29) is 11.9 Å². The van der Waals surface area contributed by atoms with Gasteiger partial charge in [0, 0.05) is 18.7 Å². The summed E-state index contributed by atoms with van der Waals surface area (Å²) in [6.45, 7) is 2.27. The summed E-state index contributed by atoms with van der Waals surface area (Å²) in [6.07, 6.45) is 4.38. The lowest BCUT2D eigenvalue weighted by atomic mass is 10.0. The SMILES string of the molecule is Cc1cnc(CNC(=O)CCC(N)c2ccccc2)cn1. The predicted octanol–water partition coefficient (Wildman–Crippen LogP) is 1.88. The number of nitrogens with two attached hydrogens (primary N) is 1. The lowest BCUT2D eigenvalue weighted by molar-refractivity contribution is -0.121. The minimum Gasteiger partial charge on any atom is -0.350 e. The van der Waals surface area contributed by atoms with Crippen molar-refractivity contribution in [3.8, 4) is 0 Å². The third-order valence-electron chi connectivity index (χ3n) is 3.21. The highest BCUT2D eigenvalue weighted by Crippen LogP contribution is 2.14. The van der Waals surface area contributed by atoms with Crippen molar-refractivity contribution in [2.75, 3.05) is 0 Å². The van der Waals surface area contributed by atoms with Crippen LogP contribution in [0.5, 0.6) is 0 Å². The average Bonchev–Trinajstić information content (AvgIpc) is 2.53. The molecule has 110 valence electrons. The first-order valence-electron chi connectivity index (χ1n) is 7.00. The van der Waals surface area contributed by atoms with Crippen molar-refractivity contribution < 1.29 is 4.79 Å². The minimum atomic E-state index is -0.115. The lowest BCUT2D eigenvalue weighted by Gasteiger charge is -2.11. The van der Waals surface area contributed by atoms with Crippen molar-refractivity contribution in [3.05, 3.63) is 59.7 Å². The molecule has 0 spiro atoms. The van der Waals surface area contributed by atoms with E-state index in [0.29, 0.717) is 19.4 Å². The first-order valence-corrected chi connectivity index (χ1v) is 7.00. The maximum absolute atomic E-state index is 11.8. The Hall–Kier alpha value is -2.27. The van der Waals surface area contributed by atoms with Gasteiger partial charge in [-0.15, -0.1) is 0 Å². The number of aromatic nitrogens is 2. The summed E-state index contributed by atoms with van der Waals surface area (Å²) in [5, 5.41) is 2.83. The molecule has 0 aliphatic carbocycles.